The smallest absolute Gasteiger partial charge is 0.305 e. The van der Waals surface area contributed by atoms with Crippen LogP contribution in [0.15, 0.2) is 12.1 Å². The average Bonchev–Trinajstić information content (AvgIpc) is 2.99. The molecule has 0 spiro atoms. The molecule has 1 aliphatic carbocycles. The van der Waals surface area contributed by atoms with E-state index in [0.717, 1.165) is 18.4 Å². The Hall–Kier alpha value is -1.75. The number of fused-ring (bicyclic) bond motifs is 1. The maximum absolute atomic E-state index is 12.7. The van der Waals surface area contributed by atoms with Crippen LogP contribution in [0, 0.1) is 0 Å². The molecule has 0 unspecified atom stereocenters. The van der Waals surface area contributed by atoms with Crippen molar-refractivity contribution in [2.24, 2.45) is 0 Å². The summed E-state index contributed by atoms with van der Waals surface area (Å²) in [5.41, 5.74) is 1.56. The Bertz CT molecular complexity index is 670. The van der Waals surface area contributed by atoms with Crippen LogP contribution in [0.2, 0.25) is 5.02 Å². The number of carbonyl (C=O) groups is 2. The van der Waals surface area contributed by atoms with Gasteiger partial charge in [0, 0.05) is 30.1 Å². The van der Waals surface area contributed by atoms with Gasteiger partial charge in [0.1, 0.15) is 5.75 Å². The van der Waals surface area contributed by atoms with E-state index in [-0.39, 0.29) is 11.9 Å². The Balaban J connectivity index is 1.61. The number of amides is 1. The van der Waals surface area contributed by atoms with Gasteiger partial charge in [0.2, 0.25) is 0 Å². The second-order valence-electron chi connectivity index (χ2n) is 6.89. The van der Waals surface area contributed by atoms with Gasteiger partial charge in [-0.1, -0.05) is 30.9 Å². The van der Waals surface area contributed by atoms with Crippen molar-refractivity contribution in [3.63, 3.8) is 0 Å². The molecule has 0 bridgehead atoms. The summed E-state index contributed by atoms with van der Waals surface area (Å²) in [5.74, 6) is 0.445. The number of esters is 1. The number of halogens is 1. The first-order valence-electron chi connectivity index (χ1n) is 9.52. The highest BCUT2D eigenvalue weighted by Crippen LogP contribution is 2.38. The Labute approximate surface area is 159 Å². The third-order valence-corrected chi connectivity index (χ3v) is 5.55. The van der Waals surface area contributed by atoms with Crippen LogP contribution in [0.4, 0.5) is 0 Å². The van der Waals surface area contributed by atoms with Crippen molar-refractivity contribution in [1.82, 2.24) is 4.90 Å². The van der Waals surface area contributed by atoms with Crippen LogP contribution in [-0.4, -0.2) is 36.0 Å². The van der Waals surface area contributed by atoms with E-state index in [0.29, 0.717) is 55.0 Å². The molecular formula is C20H26ClNO4. The monoisotopic (exact) mass is 379 g/mol. The van der Waals surface area contributed by atoms with Gasteiger partial charge in [-0.2, -0.15) is 0 Å². The van der Waals surface area contributed by atoms with Gasteiger partial charge in [-0.3, -0.25) is 9.59 Å². The number of nitrogens with zero attached hydrogens (tertiary/aromatic N) is 1. The number of hydrogen-bond acceptors (Lipinski definition) is 4. The Morgan fingerprint density at radius 1 is 1.27 bits per heavy atom. The fourth-order valence-corrected chi connectivity index (χ4v) is 4.06. The van der Waals surface area contributed by atoms with E-state index in [9.17, 15) is 9.59 Å². The van der Waals surface area contributed by atoms with Crippen LogP contribution in [0.5, 0.6) is 5.75 Å². The van der Waals surface area contributed by atoms with E-state index in [1.165, 1.54) is 19.3 Å². The van der Waals surface area contributed by atoms with Crippen LogP contribution >= 0.6 is 11.6 Å². The molecule has 1 heterocycles. The molecule has 0 N–H and O–H groups in total. The van der Waals surface area contributed by atoms with Gasteiger partial charge in [-0.15, -0.1) is 0 Å². The van der Waals surface area contributed by atoms with Gasteiger partial charge in [0.05, 0.1) is 18.2 Å². The molecule has 1 aromatic carbocycles. The molecule has 1 amide bonds. The minimum atomic E-state index is -0.218. The third-order valence-electron chi connectivity index (χ3n) is 5.13. The molecule has 0 atom stereocenters. The standard InChI is InChI=1S/C20H26ClNO4/c1-2-25-18(23)9-6-12-26-17-11-10-15-16(19(17)21)13-22(20(15)24)14-7-4-3-5-8-14/h10-11,14H,2-9,12-13H2,1H3. The Morgan fingerprint density at radius 2 is 2.04 bits per heavy atom. The van der Waals surface area contributed by atoms with Gasteiger partial charge < -0.3 is 14.4 Å². The fraction of sp³-hybridized carbons (Fsp3) is 0.600. The SMILES string of the molecule is CCOC(=O)CCCOc1ccc2c(c1Cl)CN(C1CCCCC1)C2=O. The molecule has 3 rings (SSSR count). The first kappa shape index (κ1) is 19.0. The Morgan fingerprint density at radius 3 is 2.77 bits per heavy atom. The van der Waals surface area contributed by atoms with E-state index >= 15 is 0 Å². The highest BCUT2D eigenvalue weighted by atomic mass is 35.5. The summed E-state index contributed by atoms with van der Waals surface area (Å²) in [6, 6.07) is 3.90. The van der Waals surface area contributed by atoms with Crippen molar-refractivity contribution >= 4 is 23.5 Å². The van der Waals surface area contributed by atoms with Crippen molar-refractivity contribution in [2.45, 2.75) is 64.5 Å². The van der Waals surface area contributed by atoms with E-state index in [1.807, 2.05) is 11.0 Å². The molecule has 142 valence electrons. The minimum absolute atomic E-state index is 0.0858. The lowest BCUT2D eigenvalue weighted by molar-refractivity contribution is -0.143. The molecule has 1 aliphatic heterocycles. The average molecular weight is 380 g/mol. The van der Waals surface area contributed by atoms with Crippen molar-refractivity contribution in [2.75, 3.05) is 13.2 Å². The lowest BCUT2D eigenvalue weighted by atomic mass is 9.94. The van der Waals surface area contributed by atoms with E-state index in [4.69, 9.17) is 21.1 Å². The summed E-state index contributed by atoms with van der Waals surface area (Å²) >= 11 is 6.52. The zero-order chi connectivity index (χ0) is 18.5. The number of ether oxygens (including phenoxy) is 2. The van der Waals surface area contributed by atoms with Crippen molar-refractivity contribution < 1.29 is 19.1 Å². The summed E-state index contributed by atoms with van der Waals surface area (Å²) in [5, 5.41) is 0.519. The van der Waals surface area contributed by atoms with Gasteiger partial charge in [0.25, 0.3) is 5.91 Å². The molecule has 1 fully saturated rings. The highest BCUT2D eigenvalue weighted by molar-refractivity contribution is 6.33. The zero-order valence-corrected chi connectivity index (χ0v) is 16.0. The van der Waals surface area contributed by atoms with E-state index in [1.54, 1.807) is 13.0 Å². The molecular weight excluding hydrogens is 354 g/mol. The molecule has 5 nitrogen and oxygen atoms in total. The highest BCUT2D eigenvalue weighted by Gasteiger charge is 2.35. The van der Waals surface area contributed by atoms with Crippen LogP contribution in [-0.2, 0) is 16.1 Å². The van der Waals surface area contributed by atoms with Crippen LogP contribution in [0.1, 0.15) is 67.8 Å². The molecule has 1 saturated carbocycles. The second kappa shape index (κ2) is 8.76. The molecule has 0 radical (unpaired) electrons. The minimum Gasteiger partial charge on any atom is -0.492 e. The maximum atomic E-state index is 12.7. The summed E-state index contributed by atoms with van der Waals surface area (Å²) in [7, 11) is 0. The lowest BCUT2D eigenvalue weighted by Gasteiger charge is -2.30. The molecule has 6 heteroatoms. The van der Waals surface area contributed by atoms with Crippen molar-refractivity contribution in [3.05, 3.63) is 28.3 Å². The molecule has 26 heavy (non-hydrogen) atoms. The third kappa shape index (κ3) is 4.14. The predicted octanol–water partition coefficient (Wildman–Crippen LogP) is 4.35. The van der Waals surface area contributed by atoms with Crippen molar-refractivity contribution in [1.29, 1.82) is 0 Å². The van der Waals surface area contributed by atoms with Gasteiger partial charge in [0.15, 0.2) is 0 Å². The van der Waals surface area contributed by atoms with E-state index in [2.05, 4.69) is 0 Å². The zero-order valence-electron chi connectivity index (χ0n) is 15.3. The first-order valence-corrected chi connectivity index (χ1v) is 9.90. The molecule has 1 aromatic rings. The van der Waals surface area contributed by atoms with Crippen LogP contribution in [0.3, 0.4) is 0 Å². The normalized spacial score (nSPS) is 17.3. The largest absolute Gasteiger partial charge is 0.492 e. The van der Waals surface area contributed by atoms with Gasteiger partial charge in [-0.05, 0) is 38.3 Å². The van der Waals surface area contributed by atoms with E-state index < -0.39 is 0 Å². The van der Waals surface area contributed by atoms with Crippen molar-refractivity contribution in [3.8, 4) is 5.75 Å². The molecule has 2 aliphatic rings. The lowest BCUT2D eigenvalue weighted by Crippen LogP contribution is -2.36. The summed E-state index contributed by atoms with van der Waals surface area (Å²) in [6.45, 7) is 3.13. The number of carbonyl (C=O) groups excluding carboxylic acids is 2. The maximum Gasteiger partial charge on any atom is 0.305 e. The Kier molecular flexibility index (Phi) is 6.41. The quantitative estimate of drug-likeness (QED) is 0.522. The summed E-state index contributed by atoms with van der Waals surface area (Å²) in [6.07, 6.45) is 6.68. The second-order valence-corrected chi connectivity index (χ2v) is 7.26. The summed E-state index contributed by atoms with van der Waals surface area (Å²) < 4.78 is 10.6. The molecule has 0 saturated heterocycles. The number of benzene rings is 1. The van der Waals surface area contributed by atoms with Crippen LogP contribution < -0.4 is 4.74 Å². The van der Waals surface area contributed by atoms with Crippen LogP contribution in [0.25, 0.3) is 0 Å². The number of hydrogen-bond donors (Lipinski definition) is 0. The summed E-state index contributed by atoms with van der Waals surface area (Å²) in [4.78, 5) is 26.1. The first-order chi connectivity index (χ1) is 12.6. The molecule has 0 aromatic heterocycles. The van der Waals surface area contributed by atoms with Gasteiger partial charge in [-0.25, -0.2) is 0 Å². The van der Waals surface area contributed by atoms with Gasteiger partial charge >= 0.3 is 5.97 Å². The predicted molar refractivity (Wildman–Crippen MR) is 99.6 cm³/mol. The number of rotatable bonds is 7. The fourth-order valence-electron chi connectivity index (χ4n) is 3.78. The topological polar surface area (TPSA) is 55.8 Å².